The van der Waals surface area contributed by atoms with Gasteiger partial charge in [0.15, 0.2) is 0 Å². The highest BCUT2D eigenvalue weighted by Gasteiger charge is 2.16. The molecule has 2 heterocycles. The molecule has 2 nitrogen and oxygen atoms in total. The lowest BCUT2D eigenvalue weighted by molar-refractivity contribution is 0.175. The Kier molecular flexibility index (Phi) is 3.14. The largest absolute Gasteiger partial charge is 0.297 e. The minimum Gasteiger partial charge on any atom is -0.297 e. The number of aromatic nitrogens is 1. The van der Waals surface area contributed by atoms with E-state index in [1.807, 2.05) is 12.3 Å². The Morgan fingerprint density at radius 3 is 3.14 bits per heavy atom. The highest BCUT2D eigenvalue weighted by molar-refractivity contribution is 5.03. The third-order valence-electron chi connectivity index (χ3n) is 2.85. The Hall–Kier alpha value is -0.890. The molecule has 0 spiro atoms. The third-order valence-corrected chi connectivity index (χ3v) is 2.85. The molecular weight excluding hydrogens is 172 g/mol. The van der Waals surface area contributed by atoms with E-state index in [0.29, 0.717) is 0 Å². The number of nitrogens with zero attached hydrogens (tertiary/aromatic N) is 2. The van der Waals surface area contributed by atoms with Crippen LogP contribution < -0.4 is 0 Å². The Morgan fingerprint density at radius 2 is 2.43 bits per heavy atom. The molecule has 1 aliphatic heterocycles. The predicted octanol–water partition coefficient (Wildman–Crippen LogP) is 2.31. The van der Waals surface area contributed by atoms with Crippen LogP contribution in [0.3, 0.4) is 0 Å². The van der Waals surface area contributed by atoms with Gasteiger partial charge in [0, 0.05) is 19.3 Å². The van der Waals surface area contributed by atoms with E-state index in [4.69, 9.17) is 0 Å². The number of piperidine rings is 1. The van der Waals surface area contributed by atoms with Gasteiger partial charge in [0.25, 0.3) is 0 Å². The van der Waals surface area contributed by atoms with Crippen LogP contribution in [-0.4, -0.2) is 23.0 Å². The summed E-state index contributed by atoms with van der Waals surface area (Å²) in [6.07, 6.45) is 4.61. The Morgan fingerprint density at radius 1 is 1.50 bits per heavy atom. The van der Waals surface area contributed by atoms with Crippen LogP contribution in [0.15, 0.2) is 24.4 Å². The van der Waals surface area contributed by atoms with Crippen LogP contribution in [0.25, 0.3) is 0 Å². The van der Waals surface area contributed by atoms with Crippen molar-refractivity contribution in [2.75, 3.05) is 13.1 Å². The molecule has 76 valence electrons. The molecule has 1 aromatic heterocycles. The van der Waals surface area contributed by atoms with Gasteiger partial charge in [-0.05, 0) is 37.4 Å². The molecule has 0 amide bonds. The van der Waals surface area contributed by atoms with Gasteiger partial charge in [-0.25, -0.2) is 0 Å². The minimum absolute atomic E-state index is 0.854. The Balaban J connectivity index is 1.91. The maximum atomic E-state index is 4.36. The Bertz CT molecular complexity index is 271. The summed E-state index contributed by atoms with van der Waals surface area (Å²) in [6, 6.07) is 6.15. The molecule has 1 fully saturated rings. The van der Waals surface area contributed by atoms with Crippen molar-refractivity contribution in [3.8, 4) is 0 Å². The fourth-order valence-corrected chi connectivity index (χ4v) is 2.15. The lowest BCUT2D eigenvalue weighted by Gasteiger charge is -2.30. The number of hydrogen-bond donors (Lipinski definition) is 0. The zero-order valence-electron chi connectivity index (χ0n) is 8.82. The number of likely N-dealkylation sites (tertiary alicyclic amines) is 1. The first kappa shape index (κ1) is 9.66. The van der Waals surface area contributed by atoms with E-state index in [0.717, 1.165) is 12.5 Å². The highest BCUT2D eigenvalue weighted by Crippen LogP contribution is 2.16. The van der Waals surface area contributed by atoms with Gasteiger partial charge >= 0.3 is 0 Å². The number of pyridine rings is 1. The van der Waals surface area contributed by atoms with E-state index < -0.39 is 0 Å². The molecule has 1 aromatic rings. The normalized spacial score (nSPS) is 23.6. The maximum absolute atomic E-state index is 4.36. The smallest absolute Gasteiger partial charge is 0.0543 e. The molecule has 1 atom stereocenters. The standard InChI is InChI=1S/C12H18N2/c1-11-5-4-8-14(9-11)10-12-6-2-3-7-13-12/h2-3,6-7,11H,4-5,8-10H2,1H3/t11-/m1/s1. The van der Waals surface area contributed by atoms with Crippen LogP contribution in [0.5, 0.6) is 0 Å². The van der Waals surface area contributed by atoms with Crippen molar-refractivity contribution in [1.29, 1.82) is 0 Å². The molecule has 0 unspecified atom stereocenters. The van der Waals surface area contributed by atoms with Gasteiger partial charge in [0.2, 0.25) is 0 Å². The molecule has 2 heteroatoms. The summed E-state index contributed by atoms with van der Waals surface area (Å²) >= 11 is 0. The van der Waals surface area contributed by atoms with Crippen LogP contribution in [0.2, 0.25) is 0 Å². The highest BCUT2D eigenvalue weighted by atomic mass is 15.1. The summed E-state index contributed by atoms with van der Waals surface area (Å²) in [6.45, 7) is 5.83. The first-order valence-corrected chi connectivity index (χ1v) is 5.47. The topological polar surface area (TPSA) is 16.1 Å². The van der Waals surface area contributed by atoms with E-state index in [-0.39, 0.29) is 0 Å². The van der Waals surface area contributed by atoms with Crippen molar-refractivity contribution in [2.24, 2.45) is 5.92 Å². The van der Waals surface area contributed by atoms with Gasteiger partial charge in [0.1, 0.15) is 0 Å². The molecule has 2 rings (SSSR count). The fourth-order valence-electron chi connectivity index (χ4n) is 2.15. The predicted molar refractivity (Wildman–Crippen MR) is 57.9 cm³/mol. The van der Waals surface area contributed by atoms with Crippen LogP contribution in [0.4, 0.5) is 0 Å². The lowest BCUT2D eigenvalue weighted by atomic mass is 10.0. The summed E-state index contributed by atoms with van der Waals surface area (Å²) in [5, 5.41) is 0. The molecule has 1 aliphatic rings. The molecule has 14 heavy (non-hydrogen) atoms. The second-order valence-corrected chi connectivity index (χ2v) is 4.30. The summed E-state index contributed by atoms with van der Waals surface area (Å²) in [7, 11) is 0. The zero-order chi connectivity index (χ0) is 9.80. The van der Waals surface area contributed by atoms with Crippen molar-refractivity contribution >= 4 is 0 Å². The van der Waals surface area contributed by atoms with Gasteiger partial charge < -0.3 is 0 Å². The molecule has 0 radical (unpaired) electrons. The van der Waals surface area contributed by atoms with Crippen molar-refractivity contribution in [2.45, 2.75) is 26.3 Å². The van der Waals surface area contributed by atoms with Crippen molar-refractivity contribution in [3.05, 3.63) is 30.1 Å². The van der Waals surface area contributed by atoms with Gasteiger partial charge in [-0.1, -0.05) is 13.0 Å². The molecule has 1 saturated heterocycles. The fraction of sp³-hybridized carbons (Fsp3) is 0.583. The molecule has 0 aromatic carbocycles. The quantitative estimate of drug-likeness (QED) is 0.711. The average Bonchev–Trinajstić information content (AvgIpc) is 2.19. The van der Waals surface area contributed by atoms with Crippen molar-refractivity contribution < 1.29 is 0 Å². The molecular formula is C12H18N2. The van der Waals surface area contributed by atoms with E-state index in [2.05, 4.69) is 28.9 Å². The van der Waals surface area contributed by atoms with E-state index in [1.165, 1.54) is 31.6 Å². The SMILES string of the molecule is C[C@@H]1CCCN(Cc2ccccn2)C1. The van der Waals surface area contributed by atoms with Crippen LogP contribution in [-0.2, 0) is 6.54 Å². The molecule has 0 bridgehead atoms. The van der Waals surface area contributed by atoms with Crippen molar-refractivity contribution in [3.63, 3.8) is 0 Å². The Labute approximate surface area is 86.0 Å². The minimum atomic E-state index is 0.854. The second-order valence-electron chi connectivity index (χ2n) is 4.30. The maximum Gasteiger partial charge on any atom is 0.0543 e. The summed E-state index contributed by atoms with van der Waals surface area (Å²) in [5.41, 5.74) is 1.20. The monoisotopic (exact) mass is 190 g/mol. The summed E-state index contributed by atoms with van der Waals surface area (Å²) < 4.78 is 0. The number of rotatable bonds is 2. The van der Waals surface area contributed by atoms with E-state index in [1.54, 1.807) is 0 Å². The number of hydrogen-bond acceptors (Lipinski definition) is 2. The van der Waals surface area contributed by atoms with Gasteiger partial charge in [-0.2, -0.15) is 0 Å². The van der Waals surface area contributed by atoms with E-state index >= 15 is 0 Å². The van der Waals surface area contributed by atoms with Crippen molar-refractivity contribution in [1.82, 2.24) is 9.88 Å². The molecule has 0 N–H and O–H groups in total. The average molecular weight is 190 g/mol. The molecule has 0 aliphatic carbocycles. The summed E-state index contributed by atoms with van der Waals surface area (Å²) in [5.74, 6) is 0.854. The first-order chi connectivity index (χ1) is 6.84. The van der Waals surface area contributed by atoms with Crippen LogP contribution in [0.1, 0.15) is 25.5 Å². The van der Waals surface area contributed by atoms with Crippen LogP contribution >= 0.6 is 0 Å². The van der Waals surface area contributed by atoms with Gasteiger partial charge in [0.05, 0.1) is 5.69 Å². The first-order valence-electron chi connectivity index (χ1n) is 5.47. The second kappa shape index (κ2) is 4.56. The molecule has 0 saturated carbocycles. The van der Waals surface area contributed by atoms with Gasteiger partial charge in [-0.15, -0.1) is 0 Å². The van der Waals surface area contributed by atoms with Crippen LogP contribution in [0, 0.1) is 5.92 Å². The summed E-state index contributed by atoms with van der Waals surface area (Å²) in [4.78, 5) is 6.87. The zero-order valence-corrected chi connectivity index (χ0v) is 8.82. The van der Waals surface area contributed by atoms with E-state index in [9.17, 15) is 0 Å². The third kappa shape index (κ3) is 2.55. The van der Waals surface area contributed by atoms with Gasteiger partial charge in [-0.3, -0.25) is 9.88 Å². The lowest BCUT2D eigenvalue weighted by Crippen LogP contribution is -2.33.